The Bertz CT molecular complexity index is 991. The van der Waals surface area contributed by atoms with Gasteiger partial charge in [-0.15, -0.1) is 0 Å². The summed E-state index contributed by atoms with van der Waals surface area (Å²) in [6.07, 6.45) is -3.24. The van der Waals surface area contributed by atoms with E-state index in [-0.39, 0.29) is 35.0 Å². The van der Waals surface area contributed by atoms with Crippen LogP contribution in [0.2, 0.25) is 0 Å². The van der Waals surface area contributed by atoms with Gasteiger partial charge in [0, 0.05) is 23.9 Å². The zero-order chi connectivity index (χ0) is 21.0. The summed E-state index contributed by atoms with van der Waals surface area (Å²) in [6, 6.07) is 11.7. The summed E-state index contributed by atoms with van der Waals surface area (Å²) >= 11 is 0. The van der Waals surface area contributed by atoms with E-state index in [0.717, 1.165) is 6.07 Å². The number of halogens is 3. The van der Waals surface area contributed by atoms with Crippen molar-refractivity contribution in [1.29, 1.82) is 0 Å². The normalized spacial score (nSPS) is 11.4. The number of hydrogen-bond donors (Lipinski definition) is 1. The molecule has 2 aromatic heterocycles. The molecule has 0 spiro atoms. The molecule has 9 heteroatoms. The zero-order valence-corrected chi connectivity index (χ0v) is 15.6. The molecule has 3 rings (SSSR count). The third kappa shape index (κ3) is 5.28. The first-order chi connectivity index (χ1) is 13.7. The van der Waals surface area contributed by atoms with Crippen LogP contribution in [0.25, 0.3) is 11.5 Å². The first-order valence-electron chi connectivity index (χ1n) is 8.69. The van der Waals surface area contributed by atoms with Gasteiger partial charge in [0.2, 0.25) is 11.8 Å². The summed E-state index contributed by atoms with van der Waals surface area (Å²) in [5, 5.41) is 2.71. The fourth-order valence-corrected chi connectivity index (χ4v) is 2.25. The molecule has 0 saturated carbocycles. The Labute approximate surface area is 164 Å². The number of carbonyl (C=O) groups is 1. The topological polar surface area (TPSA) is 77.0 Å². The molecule has 1 amide bonds. The van der Waals surface area contributed by atoms with Gasteiger partial charge < -0.3 is 10.1 Å². The van der Waals surface area contributed by atoms with Crippen molar-refractivity contribution in [3.05, 3.63) is 60.4 Å². The van der Waals surface area contributed by atoms with E-state index < -0.39 is 11.9 Å². The monoisotopic (exact) mass is 402 g/mol. The minimum Gasteiger partial charge on any atom is -0.439 e. The van der Waals surface area contributed by atoms with Crippen molar-refractivity contribution in [3.63, 3.8) is 0 Å². The Morgan fingerprint density at radius 2 is 1.79 bits per heavy atom. The number of hydrogen-bond acceptors (Lipinski definition) is 5. The second-order valence-electron chi connectivity index (χ2n) is 6.40. The van der Waals surface area contributed by atoms with E-state index in [0.29, 0.717) is 5.69 Å². The number of ether oxygens (including phenoxy) is 1. The van der Waals surface area contributed by atoms with E-state index in [1.165, 1.54) is 24.4 Å². The Morgan fingerprint density at radius 1 is 1.07 bits per heavy atom. The molecule has 1 aromatic carbocycles. The van der Waals surface area contributed by atoms with Gasteiger partial charge in [-0.1, -0.05) is 19.9 Å². The van der Waals surface area contributed by atoms with E-state index >= 15 is 0 Å². The number of alkyl halides is 3. The van der Waals surface area contributed by atoms with E-state index in [4.69, 9.17) is 4.74 Å². The Morgan fingerprint density at radius 3 is 2.38 bits per heavy atom. The van der Waals surface area contributed by atoms with Crippen molar-refractivity contribution in [3.8, 4) is 23.1 Å². The zero-order valence-electron chi connectivity index (χ0n) is 15.6. The predicted octanol–water partition coefficient (Wildman–Crippen LogP) is 4.94. The predicted molar refractivity (Wildman–Crippen MR) is 100 cm³/mol. The van der Waals surface area contributed by atoms with Gasteiger partial charge in [-0.2, -0.15) is 18.2 Å². The fraction of sp³-hybridized carbons (Fsp3) is 0.200. The van der Waals surface area contributed by atoms with Gasteiger partial charge in [0.05, 0.1) is 0 Å². The largest absolute Gasteiger partial charge is 0.439 e. The van der Waals surface area contributed by atoms with Crippen molar-refractivity contribution in [2.45, 2.75) is 20.0 Å². The molecule has 0 saturated heterocycles. The van der Waals surface area contributed by atoms with E-state index in [2.05, 4.69) is 20.3 Å². The van der Waals surface area contributed by atoms with Crippen molar-refractivity contribution in [1.82, 2.24) is 15.0 Å². The highest BCUT2D eigenvalue weighted by atomic mass is 19.4. The highest BCUT2D eigenvalue weighted by Gasteiger charge is 2.34. The number of rotatable bonds is 5. The van der Waals surface area contributed by atoms with Crippen LogP contribution in [-0.2, 0) is 11.0 Å². The van der Waals surface area contributed by atoms with Gasteiger partial charge in [-0.3, -0.25) is 9.78 Å². The number of aromatic nitrogens is 3. The Kier molecular flexibility index (Phi) is 5.76. The smallest absolute Gasteiger partial charge is 0.433 e. The molecule has 150 valence electrons. The molecule has 2 heterocycles. The molecule has 29 heavy (non-hydrogen) atoms. The average Bonchev–Trinajstić information content (AvgIpc) is 2.69. The lowest BCUT2D eigenvalue weighted by atomic mass is 10.2. The van der Waals surface area contributed by atoms with Crippen LogP contribution in [0.3, 0.4) is 0 Å². The lowest BCUT2D eigenvalue weighted by Crippen LogP contribution is -2.17. The molecular weight excluding hydrogens is 385 g/mol. The van der Waals surface area contributed by atoms with Crippen molar-refractivity contribution < 1.29 is 22.7 Å². The first kappa shape index (κ1) is 20.2. The maximum atomic E-state index is 13.2. The van der Waals surface area contributed by atoms with Gasteiger partial charge in [-0.05, 0) is 36.4 Å². The molecule has 0 aliphatic heterocycles. The molecule has 0 atom stereocenters. The molecule has 0 aliphatic carbocycles. The summed E-state index contributed by atoms with van der Waals surface area (Å²) in [5.74, 6) is -0.545. The van der Waals surface area contributed by atoms with E-state index in [1.54, 1.807) is 38.1 Å². The third-order valence-electron chi connectivity index (χ3n) is 3.76. The van der Waals surface area contributed by atoms with Crippen molar-refractivity contribution in [2.24, 2.45) is 5.92 Å². The van der Waals surface area contributed by atoms with E-state index in [9.17, 15) is 18.0 Å². The molecule has 0 fully saturated rings. The average molecular weight is 402 g/mol. The highest BCUT2D eigenvalue weighted by Crippen LogP contribution is 2.32. The van der Waals surface area contributed by atoms with Gasteiger partial charge in [-0.25, -0.2) is 4.98 Å². The summed E-state index contributed by atoms with van der Waals surface area (Å²) in [7, 11) is 0. The summed E-state index contributed by atoms with van der Waals surface area (Å²) in [5.41, 5.74) is -0.400. The fourth-order valence-electron chi connectivity index (χ4n) is 2.25. The minimum absolute atomic E-state index is 0.149. The summed E-state index contributed by atoms with van der Waals surface area (Å²) in [4.78, 5) is 23.3. The van der Waals surface area contributed by atoms with Gasteiger partial charge in [0.1, 0.15) is 11.4 Å². The maximum Gasteiger partial charge on any atom is 0.433 e. The SMILES string of the molecule is CC(C)C(=O)Nc1ccc(Oc2cc(C(F)(F)F)nc(-c3ccccn3)n2)cc1. The third-order valence-corrected chi connectivity index (χ3v) is 3.76. The van der Waals surface area contributed by atoms with Crippen LogP contribution in [-0.4, -0.2) is 20.9 Å². The first-order valence-corrected chi connectivity index (χ1v) is 8.69. The van der Waals surface area contributed by atoms with Gasteiger partial charge in [0.25, 0.3) is 0 Å². The maximum absolute atomic E-state index is 13.2. The molecule has 0 radical (unpaired) electrons. The van der Waals surface area contributed by atoms with Crippen molar-refractivity contribution in [2.75, 3.05) is 5.32 Å². The number of carbonyl (C=O) groups excluding carboxylic acids is 1. The summed E-state index contributed by atoms with van der Waals surface area (Å²) in [6.45, 7) is 3.53. The van der Waals surface area contributed by atoms with Gasteiger partial charge in [0.15, 0.2) is 11.5 Å². The standard InChI is InChI=1S/C20H17F3N4O2/c1-12(2)19(28)25-13-6-8-14(9-7-13)29-17-11-16(20(21,22)23)26-18(27-17)15-5-3-4-10-24-15/h3-12H,1-2H3,(H,25,28). The van der Waals surface area contributed by atoms with Gasteiger partial charge >= 0.3 is 6.18 Å². The van der Waals surface area contributed by atoms with Crippen LogP contribution in [0, 0.1) is 5.92 Å². The number of nitrogens with zero attached hydrogens (tertiary/aromatic N) is 3. The highest BCUT2D eigenvalue weighted by molar-refractivity contribution is 5.92. The lowest BCUT2D eigenvalue weighted by molar-refractivity contribution is -0.141. The van der Waals surface area contributed by atoms with Crippen LogP contribution < -0.4 is 10.1 Å². The Balaban J connectivity index is 1.87. The second-order valence-corrected chi connectivity index (χ2v) is 6.40. The van der Waals surface area contributed by atoms with E-state index in [1.807, 2.05) is 0 Å². The van der Waals surface area contributed by atoms with Crippen LogP contribution in [0.1, 0.15) is 19.5 Å². The van der Waals surface area contributed by atoms with Crippen LogP contribution in [0.4, 0.5) is 18.9 Å². The number of pyridine rings is 1. The molecule has 3 aromatic rings. The van der Waals surface area contributed by atoms with Crippen LogP contribution >= 0.6 is 0 Å². The molecule has 1 N–H and O–H groups in total. The van der Waals surface area contributed by atoms with Crippen molar-refractivity contribution >= 4 is 11.6 Å². The number of anilines is 1. The molecule has 0 aliphatic rings. The lowest BCUT2D eigenvalue weighted by Gasteiger charge is -2.12. The number of nitrogens with one attached hydrogen (secondary N) is 1. The molecule has 6 nitrogen and oxygen atoms in total. The number of benzene rings is 1. The van der Waals surface area contributed by atoms with Crippen LogP contribution in [0.5, 0.6) is 11.6 Å². The molecular formula is C20H17F3N4O2. The number of amides is 1. The quantitative estimate of drug-likeness (QED) is 0.654. The van der Waals surface area contributed by atoms with Crippen LogP contribution in [0.15, 0.2) is 54.7 Å². The Hall–Kier alpha value is -3.49. The molecule has 0 unspecified atom stereocenters. The minimum atomic E-state index is -4.67. The molecule has 0 bridgehead atoms. The second kappa shape index (κ2) is 8.26. The summed E-state index contributed by atoms with van der Waals surface area (Å²) < 4.78 is 45.2.